The second-order valence-corrected chi connectivity index (χ2v) is 6.58. The third kappa shape index (κ3) is 4.87. The molecular weight excluding hydrogens is 312 g/mol. The monoisotopic (exact) mass is 334 g/mol. The Morgan fingerprint density at radius 2 is 2.48 bits per heavy atom. The van der Waals surface area contributed by atoms with Crippen molar-refractivity contribution in [3.8, 4) is 0 Å². The van der Waals surface area contributed by atoms with Gasteiger partial charge in [-0.15, -0.1) is 0 Å². The lowest BCUT2D eigenvalue weighted by Gasteiger charge is -2.25. The van der Waals surface area contributed by atoms with Gasteiger partial charge in [-0.2, -0.15) is 16.4 Å². The molecule has 124 valence electrons. The smallest absolute Gasteiger partial charge is 0.223 e. The number of nitrogens with zero attached hydrogens (tertiary/aromatic N) is 4. The van der Waals surface area contributed by atoms with E-state index in [4.69, 9.17) is 4.74 Å². The van der Waals surface area contributed by atoms with Crippen LogP contribution in [0.5, 0.6) is 0 Å². The van der Waals surface area contributed by atoms with Crippen molar-refractivity contribution in [2.24, 2.45) is 0 Å². The van der Waals surface area contributed by atoms with Crippen molar-refractivity contribution in [1.82, 2.24) is 19.7 Å². The number of amides is 1. The standard InChI is InChI=1S/C16H22N4O2S/c21-16(4-1-6-20-13-17-12-18-20)19(9-14-5-8-23-11-14)10-15-3-2-7-22-15/h5,8,11-13,15H,1-4,6-7,9-10H2. The normalized spacial score (nSPS) is 17.5. The molecular formula is C16H22N4O2S. The molecule has 1 aliphatic rings. The number of carbonyl (C=O) groups excluding carboxylic acids is 1. The molecule has 1 amide bonds. The van der Waals surface area contributed by atoms with Gasteiger partial charge in [-0.3, -0.25) is 9.48 Å². The van der Waals surface area contributed by atoms with Crippen LogP contribution in [-0.2, 0) is 22.6 Å². The predicted octanol–water partition coefficient (Wildman–Crippen LogP) is 2.33. The maximum atomic E-state index is 12.6. The van der Waals surface area contributed by atoms with Crippen LogP contribution in [0.2, 0.25) is 0 Å². The van der Waals surface area contributed by atoms with Gasteiger partial charge in [0.15, 0.2) is 0 Å². The van der Waals surface area contributed by atoms with Gasteiger partial charge in [-0.1, -0.05) is 0 Å². The Kier molecular flexibility index (Phi) is 5.76. The van der Waals surface area contributed by atoms with Crippen LogP contribution in [0.4, 0.5) is 0 Å². The Morgan fingerprint density at radius 1 is 1.52 bits per heavy atom. The van der Waals surface area contributed by atoms with E-state index in [0.29, 0.717) is 19.5 Å². The van der Waals surface area contributed by atoms with Gasteiger partial charge >= 0.3 is 0 Å². The van der Waals surface area contributed by atoms with Gasteiger partial charge in [0.05, 0.1) is 6.10 Å². The average Bonchev–Trinajstić information content (AvgIpc) is 3.30. The van der Waals surface area contributed by atoms with Crippen molar-refractivity contribution in [2.45, 2.75) is 44.9 Å². The largest absolute Gasteiger partial charge is 0.376 e. The fourth-order valence-corrected chi connectivity index (χ4v) is 3.45. The molecule has 23 heavy (non-hydrogen) atoms. The number of rotatable bonds is 8. The Balaban J connectivity index is 1.53. The summed E-state index contributed by atoms with van der Waals surface area (Å²) in [5.41, 5.74) is 1.19. The zero-order chi connectivity index (χ0) is 15.9. The van der Waals surface area contributed by atoms with E-state index in [-0.39, 0.29) is 12.0 Å². The van der Waals surface area contributed by atoms with Gasteiger partial charge in [-0.25, -0.2) is 4.98 Å². The van der Waals surface area contributed by atoms with E-state index < -0.39 is 0 Å². The van der Waals surface area contributed by atoms with Crippen molar-refractivity contribution >= 4 is 17.2 Å². The van der Waals surface area contributed by atoms with Gasteiger partial charge in [0.2, 0.25) is 5.91 Å². The first-order valence-electron chi connectivity index (χ1n) is 8.04. The molecule has 1 saturated heterocycles. The van der Waals surface area contributed by atoms with Gasteiger partial charge in [0.1, 0.15) is 12.7 Å². The van der Waals surface area contributed by atoms with Crippen LogP contribution in [0.1, 0.15) is 31.2 Å². The number of hydrogen-bond acceptors (Lipinski definition) is 5. The lowest BCUT2D eigenvalue weighted by molar-refractivity contribution is -0.133. The second-order valence-electron chi connectivity index (χ2n) is 5.80. The summed E-state index contributed by atoms with van der Waals surface area (Å²) in [5, 5.41) is 8.22. The van der Waals surface area contributed by atoms with Crippen LogP contribution >= 0.6 is 11.3 Å². The molecule has 1 aliphatic heterocycles. The Hall–Kier alpha value is -1.73. The van der Waals surface area contributed by atoms with Crippen LogP contribution in [0.25, 0.3) is 0 Å². The second kappa shape index (κ2) is 8.21. The average molecular weight is 334 g/mol. The fraction of sp³-hybridized carbons (Fsp3) is 0.562. The fourth-order valence-electron chi connectivity index (χ4n) is 2.79. The SMILES string of the molecule is O=C(CCCn1cncn1)N(Cc1ccsc1)CC1CCCO1. The molecule has 0 N–H and O–H groups in total. The summed E-state index contributed by atoms with van der Waals surface area (Å²) in [6.45, 7) is 2.90. The minimum atomic E-state index is 0.187. The zero-order valence-electron chi connectivity index (χ0n) is 13.1. The summed E-state index contributed by atoms with van der Waals surface area (Å²) in [6.07, 6.45) is 6.82. The van der Waals surface area contributed by atoms with Crippen LogP contribution in [0.15, 0.2) is 29.5 Å². The highest BCUT2D eigenvalue weighted by molar-refractivity contribution is 7.07. The van der Waals surface area contributed by atoms with Gasteiger partial charge < -0.3 is 9.64 Å². The molecule has 0 spiro atoms. The lowest BCUT2D eigenvalue weighted by atomic mass is 10.2. The molecule has 3 heterocycles. The molecule has 1 fully saturated rings. The van der Waals surface area contributed by atoms with E-state index in [1.54, 1.807) is 22.3 Å². The summed E-state index contributed by atoms with van der Waals surface area (Å²) >= 11 is 1.66. The molecule has 0 aromatic carbocycles. The first-order chi connectivity index (χ1) is 11.3. The van der Waals surface area contributed by atoms with Gasteiger partial charge in [0.25, 0.3) is 0 Å². The number of hydrogen-bond donors (Lipinski definition) is 0. The number of thiophene rings is 1. The molecule has 7 heteroatoms. The predicted molar refractivity (Wildman–Crippen MR) is 88.0 cm³/mol. The van der Waals surface area contributed by atoms with Gasteiger partial charge in [0, 0.05) is 32.7 Å². The number of carbonyl (C=O) groups is 1. The van der Waals surface area contributed by atoms with Crippen LogP contribution < -0.4 is 0 Å². The Bertz CT molecular complexity index is 579. The molecule has 1 unspecified atom stereocenters. The van der Waals surface area contributed by atoms with E-state index in [1.807, 2.05) is 4.90 Å². The van der Waals surface area contributed by atoms with Crippen molar-refractivity contribution in [1.29, 1.82) is 0 Å². The molecule has 3 rings (SSSR count). The topological polar surface area (TPSA) is 60.2 Å². The number of ether oxygens (including phenoxy) is 1. The molecule has 1 atom stereocenters. The molecule has 2 aromatic heterocycles. The van der Waals surface area contributed by atoms with Crippen molar-refractivity contribution in [2.75, 3.05) is 13.2 Å². The maximum absolute atomic E-state index is 12.6. The number of aromatic nitrogens is 3. The molecule has 0 aliphatic carbocycles. The summed E-state index contributed by atoms with van der Waals surface area (Å²) < 4.78 is 7.46. The van der Waals surface area contributed by atoms with Crippen molar-refractivity contribution in [3.05, 3.63) is 35.0 Å². The Morgan fingerprint density at radius 3 is 3.17 bits per heavy atom. The maximum Gasteiger partial charge on any atom is 0.223 e. The van der Waals surface area contributed by atoms with Crippen molar-refractivity contribution < 1.29 is 9.53 Å². The van der Waals surface area contributed by atoms with E-state index in [9.17, 15) is 4.79 Å². The highest BCUT2D eigenvalue weighted by Gasteiger charge is 2.22. The molecule has 0 radical (unpaired) electrons. The number of aryl methyl sites for hydroxylation is 1. The van der Waals surface area contributed by atoms with Gasteiger partial charge in [-0.05, 0) is 41.7 Å². The first kappa shape index (κ1) is 16.1. The molecule has 2 aromatic rings. The Labute approximate surface area is 140 Å². The first-order valence-corrected chi connectivity index (χ1v) is 8.98. The minimum absolute atomic E-state index is 0.187. The van der Waals surface area contributed by atoms with Crippen LogP contribution in [0.3, 0.4) is 0 Å². The minimum Gasteiger partial charge on any atom is -0.376 e. The molecule has 6 nitrogen and oxygen atoms in total. The summed E-state index contributed by atoms with van der Waals surface area (Å²) in [4.78, 5) is 18.5. The summed E-state index contributed by atoms with van der Waals surface area (Å²) in [6, 6.07) is 2.08. The van der Waals surface area contributed by atoms with Crippen LogP contribution in [0, 0.1) is 0 Å². The quantitative estimate of drug-likeness (QED) is 0.743. The van der Waals surface area contributed by atoms with E-state index in [0.717, 1.165) is 32.4 Å². The van der Waals surface area contributed by atoms with E-state index in [1.165, 1.54) is 11.9 Å². The molecule has 0 bridgehead atoms. The van der Waals surface area contributed by atoms with Crippen LogP contribution in [-0.4, -0.2) is 44.8 Å². The third-order valence-electron chi connectivity index (χ3n) is 4.00. The highest BCUT2D eigenvalue weighted by atomic mass is 32.1. The summed E-state index contributed by atoms with van der Waals surface area (Å²) in [5.74, 6) is 0.187. The van der Waals surface area contributed by atoms with E-state index >= 15 is 0 Å². The highest BCUT2D eigenvalue weighted by Crippen LogP contribution is 2.17. The zero-order valence-corrected chi connectivity index (χ0v) is 14.0. The van der Waals surface area contributed by atoms with Crippen molar-refractivity contribution in [3.63, 3.8) is 0 Å². The third-order valence-corrected chi connectivity index (χ3v) is 4.73. The molecule has 0 saturated carbocycles. The lowest BCUT2D eigenvalue weighted by Crippen LogP contribution is -2.36. The summed E-state index contributed by atoms with van der Waals surface area (Å²) in [7, 11) is 0. The van der Waals surface area contributed by atoms with E-state index in [2.05, 4.69) is 26.9 Å².